The van der Waals surface area contributed by atoms with Crippen LogP contribution in [0.5, 0.6) is 0 Å². The van der Waals surface area contributed by atoms with Crippen molar-refractivity contribution in [3.8, 4) is 0 Å². The topological polar surface area (TPSA) is 58.4 Å². The fraction of sp³-hybridized carbons (Fsp3) is 0.667. The average Bonchev–Trinajstić information content (AvgIpc) is 3.11. The number of likely N-dealkylation sites (tertiary alicyclic amines) is 1. The van der Waals surface area contributed by atoms with Crippen LogP contribution in [0.1, 0.15) is 50.2 Å². The zero-order valence-corrected chi connectivity index (χ0v) is 18.0. The van der Waals surface area contributed by atoms with Crippen molar-refractivity contribution in [3.63, 3.8) is 0 Å². The fourth-order valence-corrected chi connectivity index (χ4v) is 4.32. The monoisotopic (exact) mass is 415 g/mol. The molecule has 1 saturated heterocycles. The Morgan fingerprint density at radius 2 is 1.78 bits per heavy atom. The van der Waals surface area contributed by atoms with Gasteiger partial charge in [-0.1, -0.05) is 37.6 Å². The van der Waals surface area contributed by atoms with Gasteiger partial charge >= 0.3 is 0 Å². The lowest BCUT2D eigenvalue weighted by atomic mass is 9.95. The van der Waals surface area contributed by atoms with Gasteiger partial charge in [-0.15, -0.1) is 24.8 Å². The molecule has 3 rings (SSSR count). The zero-order chi connectivity index (χ0) is 17.6. The SMILES string of the molecule is CC1CCN(Cc2ccccc2CNC(=O)[C@@H]2CCC[C@@H]2CN)CC1.Cl.Cl. The molecule has 2 aliphatic rings. The van der Waals surface area contributed by atoms with Gasteiger partial charge in [0.1, 0.15) is 0 Å². The van der Waals surface area contributed by atoms with Crippen LogP contribution in [-0.4, -0.2) is 30.4 Å². The second-order valence-corrected chi connectivity index (χ2v) is 7.98. The summed E-state index contributed by atoms with van der Waals surface area (Å²) in [5, 5.41) is 3.18. The normalized spacial score (nSPS) is 23.3. The minimum absolute atomic E-state index is 0. The van der Waals surface area contributed by atoms with Gasteiger partial charge in [-0.05, 0) is 68.3 Å². The highest BCUT2D eigenvalue weighted by Gasteiger charge is 2.31. The first-order chi connectivity index (χ1) is 12.2. The first-order valence-corrected chi connectivity index (χ1v) is 9.94. The van der Waals surface area contributed by atoms with Gasteiger partial charge in [-0.2, -0.15) is 0 Å². The van der Waals surface area contributed by atoms with E-state index >= 15 is 0 Å². The number of piperidine rings is 1. The third-order valence-corrected chi connectivity index (χ3v) is 6.14. The third kappa shape index (κ3) is 6.63. The molecule has 1 aromatic carbocycles. The molecule has 0 spiro atoms. The molecular weight excluding hydrogens is 381 g/mol. The molecule has 27 heavy (non-hydrogen) atoms. The number of hydrogen-bond acceptors (Lipinski definition) is 3. The smallest absolute Gasteiger partial charge is 0.223 e. The van der Waals surface area contributed by atoms with Crippen molar-refractivity contribution in [1.82, 2.24) is 10.2 Å². The minimum Gasteiger partial charge on any atom is -0.352 e. The van der Waals surface area contributed by atoms with E-state index in [0.29, 0.717) is 19.0 Å². The van der Waals surface area contributed by atoms with Crippen molar-refractivity contribution < 1.29 is 4.79 Å². The summed E-state index contributed by atoms with van der Waals surface area (Å²) >= 11 is 0. The van der Waals surface area contributed by atoms with E-state index in [1.807, 2.05) is 0 Å². The van der Waals surface area contributed by atoms with Gasteiger partial charge in [0.2, 0.25) is 5.91 Å². The van der Waals surface area contributed by atoms with Gasteiger partial charge < -0.3 is 11.1 Å². The van der Waals surface area contributed by atoms with Crippen LogP contribution in [0.2, 0.25) is 0 Å². The van der Waals surface area contributed by atoms with Crippen LogP contribution < -0.4 is 11.1 Å². The van der Waals surface area contributed by atoms with Crippen LogP contribution in [0.15, 0.2) is 24.3 Å². The number of benzene rings is 1. The highest BCUT2D eigenvalue weighted by Crippen LogP contribution is 2.31. The first-order valence-electron chi connectivity index (χ1n) is 9.94. The predicted octanol–water partition coefficient (Wildman–Crippen LogP) is 3.75. The van der Waals surface area contributed by atoms with E-state index in [0.717, 1.165) is 31.7 Å². The van der Waals surface area contributed by atoms with Crippen molar-refractivity contribution in [3.05, 3.63) is 35.4 Å². The largest absolute Gasteiger partial charge is 0.352 e. The number of nitrogens with one attached hydrogen (secondary N) is 1. The maximum absolute atomic E-state index is 12.5. The standard InChI is InChI=1S/C21H33N3O.2ClH/c1-16-9-11-24(12-10-16)15-19-6-3-2-5-18(19)14-23-21(25)20-8-4-7-17(20)13-22;;/h2-3,5-6,16-17,20H,4,7-15,22H2,1H3,(H,23,25);2*1H/t17-,20-;;/m1../s1. The van der Waals surface area contributed by atoms with Crippen molar-refractivity contribution in [2.24, 2.45) is 23.5 Å². The Morgan fingerprint density at radius 1 is 1.11 bits per heavy atom. The molecule has 1 heterocycles. The Labute approximate surface area is 176 Å². The van der Waals surface area contributed by atoms with Gasteiger partial charge in [0.15, 0.2) is 0 Å². The molecule has 0 unspecified atom stereocenters. The summed E-state index contributed by atoms with van der Waals surface area (Å²) in [6.45, 7) is 6.96. The maximum atomic E-state index is 12.5. The van der Waals surface area contributed by atoms with Crippen LogP contribution in [0.3, 0.4) is 0 Å². The van der Waals surface area contributed by atoms with Gasteiger partial charge in [0.05, 0.1) is 0 Å². The molecule has 154 valence electrons. The van der Waals surface area contributed by atoms with E-state index in [4.69, 9.17) is 5.73 Å². The molecule has 2 fully saturated rings. The van der Waals surface area contributed by atoms with Crippen LogP contribution in [0.25, 0.3) is 0 Å². The molecule has 1 saturated carbocycles. The van der Waals surface area contributed by atoms with Gasteiger partial charge in [-0.25, -0.2) is 0 Å². The number of carbonyl (C=O) groups is 1. The molecular formula is C21H35Cl2N3O. The van der Waals surface area contributed by atoms with Crippen LogP contribution in [-0.2, 0) is 17.9 Å². The summed E-state index contributed by atoms with van der Waals surface area (Å²) in [6.07, 6.45) is 5.80. The number of halogens is 2. The Bertz CT molecular complexity index is 576. The summed E-state index contributed by atoms with van der Waals surface area (Å²) in [7, 11) is 0. The average molecular weight is 416 g/mol. The van der Waals surface area contributed by atoms with E-state index < -0.39 is 0 Å². The fourth-order valence-electron chi connectivity index (χ4n) is 4.32. The number of nitrogens with zero attached hydrogens (tertiary/aromatic N) is 1. The Morgan fingerprint density at radius 3 is 2.44 bits per heavy atom. The molecule has 6 heteroatoms. The lowest BCUT2D eigenvalue weighted by Crippen LogP contribution is -2.35. The summed E-state index contributed by atoms with van der Waals surface area (Å²) in [5.41, 5.74) is 8.42. The second kappa shape index (κ2) is 11.9. The van der Waals surface area contributed by atoms with Crippen LogP contribution in [0, 0.1) is 17.8 Å². The van der Waals surface area contributed by atoms with Crippen LogP contribution in [0.4, 0.5) is 0 Å². The van der Waals surface area contributed by atoms with E-state index in [2.05, 4.69) is 41.4 Å². The molecule has 1 aromatic rings. The molecule has 1 aliphatic carbocycles. The Balaban J connectivity index is 0.00000182. The highest BCUT2D eigenvalue weighted by atomic mass is 35.5. The summed E-state index contributed by atoms with van der Waals surface area (Å²) in [4.78, 5) is 15.1. The van der Waals surface area contributed by atoms with Gasteiger partial charge in [-0.3, -0.25) is 9.69 Å². The Hall–Kier alpha value is -0.810. The Kier molecular flexibility index (Phi) is 10.7. The number of amides is 1. The van der Waals surface area contributed by atoms with Crippen molar-refractivity contribution in [2.45, 2.75) is 52.1 Å². The number of nitrogens with two attached hydrogens (primary N) is 1. The summed E-state index contributed by atoms with van der Waals surface area (Å²) in [5.74, 6) is 1.52. The van der Waals surface area contributed by atoms with Crippen molar-refractivity contribution >= 4 is 30.7 Å². The quantitative estimate of drug-likeness (QED) is 0.743. The second-order valence-electron chi connectivity index (χ2n) is 7.98. The molecule has 1 amide bonds. The minimum atomic E-state index is 0. The molecule has 1 aliphatic heterocycles. The van der Waals surface area contributed by atoms with Gasteiger partial charge in [0, 0.05) is 19.0 Å². The third-order valence-electron chi connectivity index (χ3n) is 6.14. The first kappa shape index (κ1) is 24.2. The maximum Gasteiger partial charge on any atom is 0.223 e. The molecule has 0 aromatic heterocycles. The van der Waals surface area contributed by atoms with Crippen LogP contribution >= 0.6 is 24.8 Å². The van der Waals surface area contributed by atoms with Gasteiger partial charge in [0.25, 0.3) is 0 Å². The molecule has 0 radical (unpaired) electrons. The summed E-state index contributed by atoms with van der Waals surface area (Å²) in [6, 6.07) is 8.53. The van der Waals surface area contributed by atoms with Crippen molar-refractivity contribution in [2.75, 3.05) is 19.6 Å². The van der Waals surface area contributed by atoms with E-state index in [9.17, 15) is 4.79 Å². The zero-order valence-electron chi connectivity index (χ0n) is 16.4. The van der Waals surface area contributed by atoms with E-state index in [-0.39, 0.29) is 36.6 Å². The molecule has 2 atom stereocenters. The summed E-state index contributed by atoms with van der Waals surface area (Å²) < 4.78 is 0. The lowest BCUT2D eigenvalue weighted by molar-refractivity contribution is -0.126. The molecule has 4 nitrogen and oxygen atoms in total. The lowest BCUT2D eigenvalue weighted by Gasteiger charge is -2.30. The number of rotatable bonds is 6. The highest BCUT2D eigenvalue weighted by molar-refractivity contribution is 5.85. The molecule has 3 N–H and O–H groups in total. The molecule has 0 bridgehead atoms. The van der Waals surface area contributed by atoms with Crippen molar-refractivity contribution in [1.29, 1.82) is 0 Å². The number of carbonyl (C=O) groups excluding carboxylic acids is 1. The number of hydrogen-bond donors (Lipinski definition) is 2. The van der Waals surface area contributed by atoms with E-state index in [1.165, 1.54) is 37.1 Å². The van der Waals surface area contributed by atoms with E-state index in [1.54, 1.807) is 0 Å². The predicted molar refractivity (Wildman–Crippen MR) is 116 cm³/mol.